The topological polar surface area (TPSA) is 66.8 Å². The van der Waals surface area contributed by atoms with Gasteiger partial charge in [-0.15, -0.1) is 0 Å². The Labute approximate surface area is 153 Å². The first-order valence-corrected chi connectivity index (χ1v) is 9.68. The molecular weight excluding hydrogens is 397 g/mol. The minimum Gasteiger partial charge on any atom is -0.482 e. The first-order valence-electron chi connectivity index (χ1n) is 8.07. The second kappa shape index (κ2) is 6.85. The molecule has 27 heavy (non-hydrogen) atoms. The maximum atomic E-state index is 14.4. The molecule has 5 nitrogen and oxygen atoms in total. The molecule has 0 saturated carbocycles. The lowest BCUT2D eigenvalue weighted by atomic mass is 9.85. The van der Waals surface area contributed by atoms with Gasteiger partial charge < -0.3 is 9.84 Å². The number of nitrogens with zero attached hydrogens (tertiary/aromatic N) is 1. The lowest BCUT2D eigenvalue weighted by Crippen LogP contribution is -2.54. The molecular formula is C16H20F5NO4S. The highest BCUT2D eigenvalue weighted by Crippen LogP contribution is 2.47. The van der Waals surface area contributed by atoms with E-state index in [1.54, 1.807) is 6.92 Å². The van der Waals surface area contributed by atoms with Gasteiger partial charge in [0.2, 0.25) is 15.8 Å². The number of rotatable bonds is 4. The summed E-state index contributed by atoms with van der Waals surface area (Å²) in [7, 11) is -2.92. The number of ether oxygens (including phenoxy) is 1. The van der Waals surface area contributed by atoms with Crippen LogP contribution >= 0.6 is 0 Å². The smallest absolute Gasteiger partial charge is 0.419 e. The molecule has 2 rings (SSSR count). The minimum atomic E-state index is -5.22. The van der Waals surface area contributed by atoms with Gasteiger partial charge in [-0.1, -0.05) is 6.92 Å². The van der Waals surface area contributed by atoms with Crippen LogP contribution in [-0.2, 0) is 16.2 Å². The van der Waals surface area contributed by atoms with Crippen LogP contribution in [0.1, 0.15) is 44.4 Å². The summed E-state index contributed by atoms with van der Waals surface area (Å²) in [5, 5.41) is 10.6. The molecule has 1 aromatic carbocycles. The third-order valence-electron chi connectivity index (χ3n) is 4.48. The summed E-state index contributed by atoms with van der Waals surface area (Å²) in [5.74, 6) is -5.21. The number of alkyl halides is 3. The van der Waals surface area contributed by atoms with Gasteiger partial charge in [0.05, 0.1) is 17.4 Å². The molecule has 1 aliphatic rings. The molecule has 0 amide bonds. The first kappa shape index (κ1) is 21.8. The highest BCUT2D eigenvalue weighted by atomic mass is 32.2. The number of benzene rings is 1. The van der Waals surface area contributed by atoms with E-state index in [1.807, 2.05) is 0 Å². The van der Waals surface area contributed by atoms with E-state index in [0.717, 1.165) is 7.05 Å². The van der Waals surface area contributed by atoms with Crippen LogP contribution in [0.5, 0.6) is 5.75 Å². The van der Waals surface area contributed by atoms with Crippen LogP contribution in [0, 0.1) is 11.6 Å². The molecule has 1 aliphatic heterocycles. The Morgan fingerprint density at radius 2 is 1.81 bits per heavy atom. The molecule has 11 heteroatoms. The van der Waals surface area contributed by atoms with Crippen molar-refractivity contribution in [3.8, 4) is 5.75 Å². The number of likely N-dealkylation sites (N-methyl/N-ethyl adjacent to an activating group) is 1. The molecule has 1 aromatic rings. The maximum Gasteiger partial charge on any atom is 0.419 e. The van der Waals surface area contributed by atoms with Crippen molar-refractivity contribution in [3.05, 3.63) is 28.8 Å². The summed E-state index contributed by atoms with van der Waals surface area (Å²) in [6.45, 7) is 4.17. The molecule has 1 N–H and O–H groups in total. The van der Waals surface area contributed by atoms with Crippen LogP contribution in [0.2, 0.25) is 0 Å². The molecule has 0 spiro atoms. The van der Waals surface area contributed by atoms with Crippen molar-refractivity contribution in [1.29, 1.82) is 0 Å². The molecule has 1 heterocycles. The van der Waals surface area contributed by atoms with E-state index in [-0.39, 0.29) is 18.2 Å². The largest absolute Gasteiger partial charge is 0.482 e. The van der Waals surface area contributed by atoms with E-state index >= 15 is 0 Å². The quantitative estimate of drug-likeness (QED) is 0.764. The number of aliphatic hydroxyl groups is 1. The fraction of sp³-hybridized carbons (Fsp3) is 0.625. The Balaban J connectivity index is 2.78. The van der Waals surface area contributed by atoms with Crippen LogP contribution in [0.4, 0.5) is 22.0 Å². The van der Waals surface area contributed by atoms with Gasteiger partial charge in [0.15, 0.2) is 11.6 Å². The Morgan fingerprint density at radius 1 is 1.26 bits per heavy atom. The van der Waals surface area contributed by atoms with Crippen molar-refractivity contribution in [1.82, 2.24) is 4.31 Å². The molecule has 0 radical (unpaired) electrons. The number of halogens is 5. The van der Waals surface area contributed by atoms with Crippen LogP contribution in [0.3, 0.4) is 0 Å². The van der Waals surface area contributed by atoms with Gasteiger partial charge in [0.25, 0.3) is 0 Å². The molecule has 0 bridgehead atoms. The first-order chi connectivity index (χ1) is 12.1. The molecule has 0 saturated heterocycles. The maximum absolute atomic E-state index is 14.4. The fourth-order valence-corrected chi connectivity index (χ4v) is 4.38. The van der Waals surface area contributed by atoms with Gasteiger partial charge in [-0.2, -0.15) is 21.9 Å². The third kappa shape index (κ3) is 3.77. The Morgan fingerprint density at radius 3 is 2.30 bits per heavy atom. The predicted octanol–water partition coefficient (Wildman–Crippen LogP) is 3.23. The van der Waals surface area contributed by atoms with Crippen molar-refractivity contribution in [3.63, 3.8) is 0 Å². The van der Waals surface area contributed by atoms with Crippen molar-refractivity contribution in [2.45, 2.75) is 51.1 Å². The summed E-state index contributed by atoms with van der Waals surface area (Å²) in [4.78, 5) is 0. The van der Waals surface area contributed by atoms with E-state index in [2.05, 4.69) is 0 Å². The second-order valence-electron chi connectivity index (χ2n) is 6.90. The number of hydrogen-bond acceptors (Lipinski definition) is 4. The van der Waals surface area contributed by atoms with Crippen molar-refractivity contribution in [2.24, 2.45) is 0 Å². The number of hydrogen-bond donors (Lipinski definition) is 1. The summed E-state index contributed by atoms with van der Waals surface area (Å²) >= 11 is 0. The molecule has 0 fully saturated rings. The summed E-state index contributed by atoms with van der Waals surface area (Å²) in [6, 6.07) is -1.30. The lowest BCUT2D eigenvalue weighted by molar-refractivity contribution is -0.140. The molecule has 0 aromatic heterocycles. The van der Waals surface area contributed by atoms with Gasteiger partial charge in [0, 0.05) is 12.6 Å². The van der Waals surface area contributed by atoms with E-state index in [0.29, 0.717) is 4.31 Å². The second-order valence-corrected chi connectivity index (χ2v) is 9.04. The van der Waals surface area contributed by atoms with E-state index < -0.39 is 62.5 Å². The minimum absolute atomic E-state index is 0.216. The standard InChI is InChI=1S/C16H20F5NO4S/c1-5-6-27(24,25)22(4)12-8-7-9(16(19,20)21)10(17)11(18)13(8)26-15(2,3)14(12)23/h7,12,14,23H,5-6H2,1-4H3/t12-,14+/m0/s1. The average Bonchev–Trinajstić information content (AvgIpc) is 2.51. The van der Waals surface area contributed by atoms with Crippen LogP contribution in [0.25, 0.3) is 0 Å². The zero-order valence-corrected chi connectivity index (χ0v) is 15.9. The Hall–Kier alpha value is -1.46. The average molecular weight is 417 g/mol. The predicted molar refractivity (Wildman–Crippen MR) is 86.7 cm³/mol. The van der Waals surface area contributed by atoms with Gasteiger partial charge in [-0.05, 0) is 26.3 Å². The number of aliphatic hydroxyl groups excluding tert-OH is 1. The van der Waals surface area contributed by atoms with E-state index in [1.165, 1.54) is 13.8 Å². The van der Waals surface area contributed by atoms with Gasteiger partial charge in [-0.25, -0.2) is 12.8 Å². The monoisotopic (exact) mass is 417 g/mol. The molecule has 0 unspecified atom stereocenters. The van der Waals surface area contributed by atoms with Gasteiger partial charge >= 0.3 is 6.18 Å². The fourth-order valence-electron chi connectivity index (χ4n) is 3.00. The van der Waals surface area contributed by atoms with Crippen molar-refractivity contribution < 1.29 is 40.2 Å². The lowest BCUT2D eigenvalue weighted by Gasteiger charge is -2.45. The Kier molecular flexibility index (Phi) is 5.54. The van der Waals surface area contributed by atoms with Crippen LogP contribution < -0.4 is 4.74 Å². The van der Waals surface area contributed by atoms with E-state index in [4.69, 9.17) is 4.74 Å². The van der Waals surface area contributed by atoms with Crippen molar-refractivity contribution >= 4 is 10.0 Å². The van der Waals surface area contributed by atoms with E-state index in [9.17, 15) is 35.5 Å². The zero-order chi connectivity index (χ0) is 20.9. The number of fused-ring (bicyclic) bond motifs is 1. The molecule has 2 atom stereocenters. The van der Waals surface area contributed by atoms with Crippen LogP contribution in [-0.4, -0.2) is 42.3 Å². The van der Waals surface area contributed by atoms with Gasteiger partial charge in [0.1, 0.15) is 11.7 Å². The molecule has 154 valence electrons. The molecule has 0 aliphatic carbocycles. The number of sulfonamides is 1. The SMILES string of the molecule is CCCS(=O)(=O)N(C)[C@H]1c2cc(C(F)(F)F)c(F)c(F)c2OC(C)(C)[C@@H]1O. The Bertz CT molecular complexity index is 838. The normalized spacial score (nSPS) is 22.5. The summed E-state index contributed by atoms with van der Waals surface area (Å²) in [5.41, 5.74) is -4.07. The zero-order valence-electron chi connectivity index (χ0n) is 15.1. The highest BCUT2D eigenvalue weighted by molar-refractivity contribution is 7.89. The van der Waals surface area contributed by atoms with Crippen LogP contribution in [0.15, 0.2) is 6.07 Å². The highest BCUT2D eigenvalue weighted by Gasteiger charge is 2.50. The van der Waals surface area contributed by atoms with Crippen molar-refractivity contribution in [2.75, 3.05) is 12.8 Å². The third-order valence-corrected chi connectivity index (χ3v) is 6.51. The van der Waals surface area contributed by atoms with Gasteiger partial charge in [-0.3, -0.25) is 0 Å². The summed E-state index contributed by atoms with van der Waals surface area (Å²) < 4.78 is 98.3. The summed E-state index contributed by atoms with van der Waals surface area (Å²) in [6.07, 6.45) is -6.63.